The van der Waals surface area contributed by atoms with E-state index in [2.05, 4.69) is 35.8 Å². The van der Waals surface area contributed by atoms with Crippen LogP contribution in [-0.2, 0) is 13.0 Å². The third kappa shape index (κ3) is 5.36. The Kier molecular flexibility index (Phi) is 6.67. The molecular weight excluding hydrogens is 464 g/mol. The second kappa shape index (κ2) is 9.81. The summed E-state index contributed by atoms with van der Waals surface area (Å²) in [5.41, 5.74) is 2.31. The number of hydrogen-bond donors (Lipinski definition) is 3. The number of nitriles is 1. The van der Waals surface area contributed by atoms with Gasteiger partial charge < -0.3 is 15.5 Å². The van der Waals surface area contributed by atoms with E-state index >= 15 is 0 Å². The zero-order valence-electron chi connectivity index (χ0n) is 17.6. The number of hydrogen-bond acceptors (Lipinski definition) is 8. The quantitative estimate of drug-likeness (QED) is 0.374. The highest BCUT2D eigenvalue weighted by Gasteiger charge is 2.23. The third-order valence-electron chi connectivity index (χ3n) is 4.84. The van der Waals surface area contributed by atoms with Crippen molar-refractivity contribution in [1.29, 1.82) is 5.26 Å². The zero-order valence-corrected chi connectivity index (χ0v) is 19.1. The van der Waals surface area contributed by atoms with Crippen molar-refractivity contribution in [3.05, 3.63) is 57.4 Å². The minimum atomic E-state index is -0.517. The van der Waals surface area contributed by atoms with Gasteiger partial charge >= 0.3 is 6.03 Å². The molecule has 0 aliphatic carbocycles. The molecule has 0 bridgehead atoms. The summed E-state index contributed by atoms with van der Waals surface area (Å²) in [6.07, 6.45) is 0.706. The van der Waals surface area contributed by atoms with Gasteiger partial charge in [-0.15, -0.1) is 0 Å². The van der Waals surface area contributed by atoms with Gasteiger partial charge in [0.1, 0.15) is 12.4 Å². The molecule has 3 N–H and O–H groups in total. The molecule has 33 heavy (non-hydrogen) atoms. The number of anilines is 3. The van der Waals surface area contributed by atoms with Gasteiger partial charge in [0.25, 0.3) is 5.91 Å². The SMILES string of the molecule is Cc1cc(N2CCc3nc(NC(=O)Nc4ccccc4C(=O)NCC#N)sc3C2)nc(Cl)n1. The van der Waals surface area contributed by atoms with E-state index in [0.717, 1.165) is 28.6 Å². The molecule has 0 atom stereocenters. The van der Waals surface area contributed by atoms with Crippen LogP contribution in [0, 0.1) is 18.3 Å². The Bertz CT molecular complexity index is 1240. The highest BCUT2D eigenvalue weighted by molar-refractivity contribution is 7.15. The first-order valence-electron chi connectivity index (χ1n) is 10.00. The van der Waals surface area contributed by atoms with Crippen molar-refractivity contribution in [1.82, 2.24) is 20.3 Å². The molecule has 3 amide bonds. The number of urea groups is 1. The molecule has 12 heteroatoms. The molecule has 4 rings (SSSR count). The highest BCUT2D eigenvalue weighted by Crippen LogP contribution is 2.31. The van der Waals surface area contributed by atoms with Gasteiger partial charge in [0.15, 0.2) is 5.13 Å². The number of nitrogens with one attached hydrogen (secondary N) is 3. The molecule has 1 aliphatic heterocycles. The van der Waals surface area contributed by atoms with E-state index < -0.39 is 11.9 Å². The number of thiazole rings is 1. The number of fused-ring (bicyclic) bond motifs is 1. The van der Waals surface area contributed by atoms with Crippen LogP contribution >= 0.6 is 22.9 Å². The molecule has 3 heterocycles. The lowest BCUT2D eigenvalue weighted by Gasteiger charge is -2.27. The molecule has 0 unspecified atom stereocenters. The van der Waals surface area contributed by atoms with Gasteiger partial charge in [-0.25, -0.2) is 19.7 Å². The average Bonchev–Trinajstić information content (AvgIpc) is 3.18. The Balaban J connectivity index is 1.43. The zero-order chi connectivity index (χ0) is 23.4. The van der Waals surface area contributed by atoms with Crippen LogP contribution in [-0.4, -0.2) is 40.0 Å². The average molecular weight is 483 g/mol. The number of carbonyl (C=O) groups excluding carboxylic acids is 2. The maximum Gasteiger partial charge on any atom is 0.325 e. The van der Waals surface area contributed by atoms with Gasteiger partial charge in [-0.3, -0.25) is 10.1 Å². The van der Waals surface area contributed by atoms with E-state index in [0.29, 0.717) is 23.8 Å². The summed E-state index contributed by atoms with van der Waals surface area (Å²) in [5, 5.41) is 17.2. The summed E-state index contributed by atoms with van der Waals surface area (Å²) in [6, 6.07) is 9.78. The van der Waals surface area contributed by atoms with E-state index in [4.69, 9.17) is 16.9 Å². The molecule has 3 aromatic rings. The lowest BCUT2D eigenvalue weighted by molar-refractivity contribution is 0.0959. The monoisotopic (exact) mass is 482 g/mol. The summed E-state index contributed by atoms with van der Waals surface area (Å²) in [4.78, 5) is 40.9. The van der Waals surface area contributed by atoms with E-state index in [-0.39, 0.29) is 17.4 Å². The highest BCUT2D eigenvalue weighted by atomic mass is 35.5. The summed E-state index contributed by atoms with van der Waals surface area (Å²) in [6.45, 7) is 3.07. The van der Waals surface area contributed by atoms with Crippen molar-refractivity contribution in [3.8, 4) is 6.07 Å². The number of aromatic nitrogens is 3. The van der Waals surface area contributed by atoms with E-state index in [1.54, 1.807) is 24.3 Å². The molecule has 0 radical (unpaired) electrons. The van der Waals surface area contributed by atoms with Gasteiger partial charge in [-0.1, -0.05) is 23.5 Å². The van der Waals surface area contributed by atoms with Crippen LogP contribution < -0.4 is 20.9 Å². The van der Waals surface area contributed by atoms with Gasteiger partial charge in [0.05, 0.1) is 29.6 Å². The Hall–Kier alpha value is -3.75. The topological polar surface area (TPSA) is 136 Å². The second-order valence-corrected chi connectivity index (χ2v) is 8.58. The third-order valence-corrected chi connectivity index (χ3v) is 6.00. The maximum atomic E-state index is 12.6. The minimum absolute atomic E-state index is 0.123. The number of amides is 3. The first-order chi connectivity index (χ1) is 15.9. The molecule has 10 nitrogen and oxygen atoms in total. The van der Waals surface area contributed by atoms with Gasteiger partial charge in [0.2, 0.25) is 5.28 Å². The van der Waals surface area contributed by atoms with Crippen LogP contribution in [0.2, 0.25) is 5.28 Å². The molecule has 0 saturated carbocycles. The Labute approximate surface area is 198 Å². The van der Waals surface area contributed by atoms with Crippen LogP contribution in [0.15, 0.2) is 30.3 Å². The predicted octanol–water partition coefficient (Wildman–Crippen LogP) is 3.36. The normalized spacial score (nSPS) is 12.5. The number of aryl methyl sites for hydroxylation is 1. The number of nitrogens with zero attached hydrogens (tertiary/aromatic N) is 5. The molecule has 0 saturated heterocycles. The fourth-order valence-electron chi connectivity index (χ4n) is 3.38. The minimum Gasteiger partial charge on any atom is -0.351 e. The molecule has 2 aromatic heterocycles. The van der Waals surface area contributed by atoms with Crippen LogP contribution in [0.4, 0.5) is 21.4 Å². The number of rotatable bonds is 5. The first kappa shape index (κ1) is 22.4. The van der Waals surface area contributed by atoms with Crippen molar-refractivity contribution < 1.29 is 9.59 Å². The Morgan fingerprint density at radius 2 is 2.06 bits per heavy atom. The molecule has 0 spiro atoms. The van der Waals surface area contributed by atoms with E-state index in [1.165, 1.54) is 11.3 Å². The summed E-state index contributed by atoms with van der Waals surface area (Å²) >= 11 is 7.39. The van der Waals surface area contributed by atoms with Crippen molar-refractivity contribution >= 4 is 51.5 Å². The summed E-state index contributed by atoms with van der Waals surface area (Å²) < 4.78 is 0. The molecule has 0 fully saturated rings. The first-order valence-corrected chi connectivity index (χ1v) is 11.2. The summed E-state index contributed by atoms with van der Waals surface area (Å²) in [7, 11) is 0. The molecule has 1 aliphatic rings. The fraction of sp³-hybridized carbons (Fsp3) is 0.238. The number of carbonyl (C=O) groups is 2. The maximum absolute atomic E-state index is 12.6. The lowest BCUT2D eigenvalue weighted by atomic mass is 10.1. The lowest BCUT2D eigenvalue weighted by Crippen LogP contribution is -2.30. The molecule has 168 valence electrons. The van der Waals surface area contributed by atoms with Crippen LogP contribution in [0.3, 0.4) is 0 Å². The smallest absolute Gasteiger partial charge is 0.325 e. The predicted molar refractivity (Wildman–Crippen MR) is 126 cm³/mol. The Morgan fingerprint density at radius 1 is 1.24 bits per heavy atom. The summed E-state index contributed by atoms with van der Waals surface area (Å²) in [5.74, 6) is 0.308. The van der Waals surface area contributed by atoms with E-state index in [1.807, 2.05) is 19.1 Å². The van der Waals surface area contributed by atoms with Gasteiger partial charge in [-0.05, 0) is 30.7 Å². The second-order valence-electron chi connectivity index (χ2n) is 7.16. The van der Waals surface area contributed by atoms with Crippen molar-refractivity contribution in [2.75, 3.05) is 28.6 Å². The molecular formula is C21H19ClN8O2S. The van der Waals surface area contributed by atoms with Crippen LogP contribution in [0.1, 0.15) is 26.6 Å². The van der Waals surface area contributed by atoms with Gasteiger partial charge in [-0.2, -0.15) is 5.26 Å². The van der Waals surface area contributed by atoms with Crippen molar-refractivity contribution in [2.24, 2.45) is 0 Å². The van der Waals surface area contributed by atoms with E-state index in [9.17, 15) is 9.59 Å². The van der Waals surface area contributed by atoms with Crippen LogP contribution in [0.25, 0.3) is 0 Å². The number of benzene rings is 1. The van der Waals surface area contributed by atoms with Crippen molar-refractivity contribution in [2.45, 2.75) is 19.9 Å². The largest absolute Gasteiger partial charge is 0.351 e. The number of para-hydroxylation sites is 1. The number of halogens is 1. The standard InChI is InChI=1S/C21H19ClN8O2S/c1-12-10-17(28-19(22)25-12)30-9-6-15-16(11-30)33-21(27-15)29-20(32)26-14-5-3-2-4-13(14)18(31)24-8-7-23/h2-5,10H,6,8-9,11H2,1H3,(H,24,31)(H2,26,27,29,32). The Morgan fingerprint density at radius 3 is 2.85 bits per heavy atom. The fourth-order valence-corrected chi connectivity index (χ4v) is 4.62. The van der Waals surface area contributed by atoms with Crippen LogP contribution in [0.5, 0.6) is 0 Å². The van der Waals surface area contributed by atoms with Gasteiger partial charge in [0, 0.05) is 29.6 Å². The molecule has 1 aromatic carbocycles. The van der Waals surface area contributed by atoms with Crippen molar-refractivity contribution in [3.63, 3.8) is 0 Å².